The van der Waals surface area contributed by atoms with Crippen molar-refractivity contribution in [2.45, 2.75) is 19.3 Å². The van der Waals surface area contributed by atoms with Gasteiger partial charge in [0.15, 0.2) is 17.5 Å². The predicted molar refractivity (Wildman–Crippen MR) is 186 cm³/mol. The topological polar surface area (TPSA) is 51.8 Å². The number of nitrogens with zero attached hydrogens (tertiary/aromatic N) is 3. The SMILES string of the molecule is [2H]c1c([2H])c([2H])c(-c2cccc3c2oc2cccc(-c4nc(-c5ccccc5)nc(-c5cccc6c5-c5ccccc5C6(C)C)n4)c23)c([2H])c1[2H]. The van der Waals surface area contributed by atoms with Crippen LogP contribution >= 0.6 is 0 Å². The van der Waals surface area contributed by atoms with Crippen molar-refractivity contribution in [3.63, 3.8) is 0 Å². The van der Waals surface area contributed by atoms with Gasteiger partial charge in [-0.3, -0.25) is 0 Å². The molecule has 0 radical (unpaired) electrons. The van der Waals surface area contributed by atoms with E-state index in [1.165, 1.54) is 16.7 Å². The summed E-state index contributed by atoms with van der Waals surface area (Å²) in [5, 5.41) is 1.46. The standard InChI is InChI=1S/C42H29N3O/c1-42(2)33-23-10-9-18-29(33)36-31(21-12-24-34(36)42)40-43-39(27-16-7-4-8-17-27)44-41(45-40)32-22-13-25-35-37(32)30-20-11-19-28(38(30)46-35)26-14-5-3-6-15-26/h3-25H,1-2H3/i3D,5D,6D,14D,15D. The summed E-state index contributed by atoms with van der Waals surface area (Å²) in [6.45, 7) is 4.50. The van der Waals surface area contributed by atoms with E-state index in [1.54, 1.807) is 6.07 Å². The van der Waals surface area contributed by atoms with Crippen molar-refractivity contribution in [1.29, 1.82) is 0 Å². The molecule has 0 spiro atoms. The van der Waals surface area contributed by atoms with Crippen LogP contribution in [-0.2, 0) is 5.41 Å². The third-order valence-corrected chi connectivity index (χ3v) is 9.05. The summed E-state index contributed by atoms with van der Waals surface area (Å²) < 4.78 is 48.4. The first-order chi connectivity index (χ1) is 24.6. The molecule has 0 saturated carbocycles. The minimum atomic E-state index is -0.441. The van der Waals surface area contributed by atoms with E-state index in [0.29, 0.717) is 39.6 Å². The molecule has 0 atom stereocenters. The van der Waals surface area contributed by atoms with E-state index in [1.807, 2.05) is 60.7 Å². The quantitative estimate of drug-likeness (QED) is 0.203. The zero-order valence-corrected chi connectivity index (χ0v) is 25.1. The summed E-state index contributed by atoms with van der Waals surface area (Å²) in [4.78, 5) is 15.3. The molecule has 1 aliphatic rings. The summed E-state index contributed by atoms with van der Waals surface area (Å²) >= 11 is 0. The lowest BCUT2D eigenvalue weighted by molar-refractivity contribution is 0.660. The maximum absolute atomic E-state index is 8.65. The molecule has 1 aliphatic carbocycles. The normalized spacial score (nSPS) is 14.7. The van der Waals surface area contributed by atoms with E-state index >= 15 is 0 Å². The van der Waals surface area contributed by atoms with E-state index < -0.39 is 18.1 Å². The molecule has 0 saturated heterocycles. The van der Waals surface area contributed by atoms with Crippen molar-refractivity contribution in [3.05, 3.63) is 151 Å². The van der Waals surface area contributed by atoms with Gasteiger partial charge in [-0.2, -0.15) is 0 Å². The van der Waals surface area contributed by atoms with Gasteiger partial charge in [0.1, 0.15) is 11.2 Å². The molecule has 0 aliphatic heterocycles. The van der Waals surface area contributed by atoms with Crippen LogP contribution in [0.5, 0.6) is 0 Å². The lowest BCUT2D eigenvalue weighted by Crippen LogP contribution is -2.14. The molecule has 218 valence electrons. The average molecular weight is 597 g/mol. The largest absolute Gasteiger partial charge is 0.455 e. The Morgan fingerprint density at radius 2 is 1.17 bits per heavy atom. The monoisotopic (exact) mass is 596 g/mol. The number of rotatable bonds is 4. The molecule has 0 N–H and O–H groups in total. The van der Waals surface area contributed by atoms with Gasteiger partial charge < -0.3 is 4.42 Å². The Morgan fingerprint density at radius 3 is 2.02 bits per heavy atom. The number of furan rings is 1. The number of aromatic nitrogens is 3. The molecule has 46 heavy (non-hydrogen) atoms. The minimum absolute atomic E-state index is 0.0853. The minimum Gasteiger partial charge on any atom is -0.455 e. The van der Waals surface area contributed by atoms with Crippen LogP contribution in [0.1, 0.15) is 31.8 Å². The van der Waals surface area contributed by atoms with Crippen molar-refractivity contribution < 1.29 is 11.3 Å². The van der Waals surface area contributed by atoms with Crippen LogP contribution < -0.4 is 0 Å². The summed E-state index contributed by atoms with van der Waals surface area (Å²) in [6, 6.07) is 34.0. The van der Waals surface area contributed by atoms with E-state index in [0.717, 1.165) is 27.6 Å². The second-order valence-electron chi connectivity index (χ2n) is 12.0. The molecular weight excluding hydrogens is 562 g/mol. The fraction of sp³-hybridized carbons (Fsp3) is 0.0714. The Bertz CT molecular complexity index is 2710. The van der Waals surface area contributed by atoms with E-state index in [-0.39, 0.29) is 23.1 Å². The first kappa shape index (κ1) is 21.8. The average Bonchev–Trinajstić information content (AvgIpc) is 3.66. The summed E-state index contributed by atoms with van der Waals surface area (Å²) in [7, 11) is 0. The Balaban J connectivity index is 1.32. The van der Waals surface area contributed by atoms with Gasteiger partial charge in [-0.25, -0.2) is 15.0 Å². The van der Waals surface area contributed by atoms with E-state index in [2.05, 4.69) is 56.3 Å². The summed E-state index contributed by atoms with van der Waals surface area (Å²) in [5.41, 5.74) is 8.51. The van der Waals surface area contributed by atoms with Crippen molar-refractivity contribution in [3.8, 4) is 56.4 Å². The second-order valence-corrected chi connectivity index (χ2v) is 12.0. The number of hydrogen-bond acceptors (Lipinski definition) is 4. The molecule has 8 aromatic rings. The summed E-state index contributed by atoms with van der Waals surface area (Å²) in [6.07, 6.45) is 0. The van der Waals surface area contributed by atoms with Crippen molar-refractivity contribution >= 4 is 21.9 Å². The molecule has 0 fully saturated rings. The van der Waals surface area contributed by atoms with Crippen LogP contribution in [0.4, 0.5) is 0 Å². The molecule has 2 heterocycles. The molecule has 4 heteroatoms. The van der Waals surface area contributed by atoms with Gasteiger partial charge in [0.2, 0.25) is 0 Å². The van der Waals surface area contributed by atoms with E-state index in [4.69, 9.17) is 26.2 Å². The Kier molecular flexibility index (Phi) is 4.77. The van der Waals surface area contributed by atoms with Crippen LogP contribution in [0.25, 0.3) is 78.4 Å². The Morgan fingerprint density at radius 1 is 0.543 bits per heavy atom. The van der Waals surface area contributed by atoms with Crippen LogP contribution in [0.15, 0.2) is 144 Å². The van der Waals surface area contributed by atoms with Crippen molar-refractivity contribution in [2.24, 2.45) is 0 Å². The second kappa shape index (κ2) is 10.1. The van der Waals surface area contributed by atoms with Gasteiger partial charge in [-0.05, 0) is 33.9 Å². The van der Waals surface area contributed by atoms with E-state index in [9.17, 15) is 0 Å². The zero-order valence-electron chi connectivity index (χ0n) is 30.1. The highest BCUT2D eigenvalue weighted by Crippen LogP contribution is 2.51. The van der Waals surface area contributed by atoms with Crippen LogP contribution in [0.2, 0.25) is 0 Å². The third kappa shape index (κ3) is 3.97. The third-order valence-electron chi connectivity index (χ3n) is 9.05. The lowest BCUT2D eigenvalue weighted by atomic mass is 9.82. The number of benzene rings is 6. The number of para-hydroxylation sites is 1. The maximum Gasteiger partial charge on any atom is 0.164 e. The molecule has 2 aromatic heterocycles. The highest BCUT2D eigenvalue weighted by Gasteiger charge is 2.37. The van der Waals surface area contributed by atoms with Crippen LogP contribution in [-0.4, -0.2) is 15.0 Å². The highest BCUT2D eigenvalue weighted by atomic mass is 16.3. The van der Waals surface area contributed by atoms with Gasteiger partial charge in [0.25, 0.3) is 0 Å². The molecule has 4 nitrogen and oxygen atoms in total. The van der Waals surface area contributed by atoms with Gasteiger partial charge in [0.05, 0.1) is 6.85 Å². The number of hydrogen-bond donors (Lipinski definition) is 0. The highest BCUT2D eigenvalue weighted by molar-refractivity contribution is 6.15. The summed E-state index contributed by atoms with van der Waals surface area (Å²) in [5.74, 6) is 1.54. The molecule has 0 amide bonds. The molecule has 0 bridgehead atoms. The number of fused-ring (bicyclic) bond motifs is 6. The van der Waals surface area contributed by atoms with Gasteiger partial charge >= 0.3 is 0 Å². The Labute approximate surface area is 274 Å². The lowest BCUT2D eigenvalue weighted by Gasteiger charge is -2.21. The molecular formula is C42H29N3O. The predicted octanol–water partition coefficient (Wildman–Crippen LogP) is 10.7. The maximum atomic E-state index is 8.65. The molecule has 6 aromatic carbocycles. The smallest absolute Gasteiger partial charge is 0.164 e. The first-order valence-corrected chi connectivity index (χ1v) is 15.2. The fourth-order valence-electron chi connectivity index (χ4n) is 6.89. The molecule has 0 unspecified atom stereocenters. The van der Waals surface area contributed by atoms with Crippen LogP contribution in [0, 0.1) is 0 Å². The fourth-order valence-corrected chi connectivity index (χ4v) is 6.89. The first-order valence-electron chi connectivity index (χ1n) is 17.7. The van der Waals surface area contributed by atoms with Crippen molar-refractivity contribution in [1.82, 2.24) is 15.0 Å². The van der Waals surface area contributed by atoms with Crippen LogP contribution in [0.3, 0.4) is 0 Å². The zero-order chi connectivity index (χ0) is 35.2. The van der Waals surface area contributed by atoms with Crippen molar-refractivity contribution in [2.75, 3.05) is 0 Å². The van der Waals surface area contributed by atoms with Gasteiger partial charge in [0, 0.05) is 38.4 Å². The molecule has 9 rings (SSSR count). The van der Waals surface area contributed by atoms with Gasteiger partial charge in [-0.1, -0.05) is 147 Å². The van der Waals surface area contributed by atoms with Gasteiger partial charge in [-0.15, -0.1) is 0 Å². The Hall–Kier alpha value is -5.87.